The fraction of sp³-hybridized carbons (Fsp3) is 0.625. The van der Waals surface area contributed by atoms with E-state index in [9.17, 15) is 10.2 Å². The molecule has 0 atom stereocenters. The molecule has 6 heteroatoms. The summed E-state index contributed by atoms with van der Waals surface area (Å²) in [6.07, 6.45) is 14.1. The standard InChI is InChI=1S/C32H46N2O4/c35-18-16-33-22-26-20-28(10-12-30(26)37-24-33)32(14-8-6-4-2-1-3-5-7-9-15-32)29-11-13-31-27(21-29)23-34(17-19-36)25-38-31/h10-13,20-21,35-36H,1-9,14-19,22-25H2. The van der Waals surface area contributed by atoms with E-state index >= 15 is 0 Å². The molecule has 0 radical (unpaired) electrons. The minimum atomic E-state index is -0.0538. The highest BCUT2D eigenvalue weighted by atomic mass is 16.5. The Morgan fingerprint density at radius 3 is 1.45 bits per heavy atom. The predicted octanol–water partition coefficient (Wildman–Crippen LogP) is 5.57. The van der Waals surface area contributed by atoms with Crippen molar-refractivity contribution in [1.82, 2.24) is 9.80 Å². The van der Waals surface area contributed by atoms with Gasteiger partial charge in [0, 0.05) is 42.7 Å². The Bertz CT molecular complexity index is 961. The van der Waals surface area contributed by atoms with Gasteiger partial charge in [-0.25, -0.2) is 0 Å². The number of rotatable bonds is 6. The second-order valence-electron chi connectivity index (χ2n) is 11.5. The van der Waals surface area contributed by atoms with Crippen molar-refractivity contribution in [2.24, 2.45) is 0 Å². The maximum atomic E-state index is 9.49. The maximum absolute atomic E-state index is 9.49. The average Bonchev–Trinajstić information content (AvgIpc) is 2.93. The molecule has 2 aromatic carbocycles. The molecule has 2 aliphatic heterocycles. The molecule has 0 bridgehead atoms. The van der Waals surface area contributed by atoms with Crippen molar-refractivity contribution >= 4 is 0 Å². The van der Waals surface area contributed by atoms with Crippen LogP contribution in [0, 0.1) is 0 Å². The first kappa shape index (κ1) is 27.4. The molecule has 0 amide bonds. The summed E-state index contributed by atoms with van der Waals surface area (Å²) in [5.41, 5.74) is 5.19. The number of nitrogens with zero attached hydrogens (tertiary/aromatic N) is 2. The van der Waals surface area contributed by atoms with Crippen LogP contribution in [0.2, 0.25) is 0 Å². The topological polar surface area (TPSA) is 65.4 Å². The van der Waals surface area contributed by atoms with Gasteiger partial charge >= 0.3 is 0 Å². The maximum Gasteiger partial charge on any atom is 0.142 e. The van der Waals surface area contributed by atoms with Gasteiger partial charge in [0.25, 0.3) is 0 Å². The zero-order valence-corrected chi connectivity index (χ0v) is 23.0. The molecule has 5 rings (SSSR count). The third-order valence-electron chi connectivity index (χ3n) is 8.86. The number of hydrogen-bond acceptors (Lipinski definition) is 6. The molecule has 0 spiro atoms. The third-order valence-corrected chi connectivity index (χ3v) is 8.86. The van der Waals surface area contributed by atoms with Gasteiger partial charge in [-0.3, -0.25) is 9.80 Å². The molecule has 1 saturated carbocycles. The molecule has 0 unspecified atom stereocenters. The fourth-order valence-corrected chi connectivity index (χ4v) is 6.71. The van der Waals surface area contributed by atoms with Crippen molar-refractivity contribution in [3.05, 3.63) is 58.7 Å². The lowest BCUT2D eigenvalue weighted by atomic mass is 9.67. The molecule has 0 saturated heterocycles. The number of fused-ring (bicyclic) bond motifs is 2. The van der Waals surface area contributed by atoms with Crippen LogP contribution in [0.5, 0.6) is 11.5 Å². The summed E-state index contributed by atoms with van der Waals surface area (Å²) in [4.78, 5) is 4.34. The van der Waals surface area contributed by atoms with Gasteiger partial charge in [-0.1, -0.05) is 69.9 Å². The summed E-state index contributed by atoms with van der Waals surface area (Å²) < 4.78 is 12.1. The molecule has 2 N–H and O–H groups in total. The van der Waals surface area contributed by atoms with Gasteiger partial charge in [-0.05, 0) is 48.2 Å². The van der Waals surface area contributed by atoms with Crippen LogP contribution in [0.25, 0.3) is 0 Å². The van der Waals surface area contributed by atoms with Crippen molar-refractivity contribution in [3.8, 4) is 11.5 Å². The van der Waals surface area contributed by atoms with E-state index in [1.165, 1.54) is 80.0 Å². The second kappa shape index (κ2) is 13.3. The van der Waals surface area contributed by atoms with Gasteiger partial charge in [-0.2, -0.15) is 0 Å². The summed E-state index contributed by atoms with van der Waals surface area (Å²) >= 11 is 0. The summed E-state index contributed by atoms with van der Waals surface area (Å²) in [6.45, 7) is 4.25. The fourth-order valence-electron chi connectivity index (χ4n) is 6.71. The molecule has 0 aromatic heterocycles. The lowest BCUT2D eigenvalue weighted by Crippen LogP contribution is -2.35. The highest BCUT2D eigenvalue weighted by Gasteiger charge is 2.35. The van der Waals surface area contributed by atoms with Crippen LogP contribution >= 0.6 is 0 Å². The highest BCUT2D eigenvalue weighted by molar-refractivity contribution is 5.49. The summed E-state index contributed by atoms with van der Waals surface area (Å²) in [6, 6.07) is 13.8. The number of β-amino-alcohol motifs (C(OH)–C–C–N with tert-alkyl or cyclic N) is 2. The van der Waals surface area contributed by atoms with Crippen molar-refractivity contribution in [2.75, 3.05) is 39.8 Å². The van der Waals surface area contributed by atoms with Crippen molar-refractivity contribution in [1.29, 1.82) is 0 Å². The first-order valence-electron chi connectivity index (χ1n) is 14.9. The SMILES string of the molecule is OCCN1COc2ccc(C3(c4ccc5c(c4)CN(CCO)CO5)CCCCCCCCCCC3)cc2C1. The smallest absolute Gasteiger partial charge is 0.142 e. The van der Waals surface area contributed by atoms with Crippen LogP contribution in [0.15, 0.2) is 36.4 Å². The van der Waals surface area contributed by atoms with Crippen LogP contribution in [-0.2, 0) is 18.5 Å². The Morgan fingerprint density at radius 1 is 0.605 bits per heavy atom. The van der Waals surface area contributed by atoms with Crippen LogP contribution in [0.4, 0.5) is 0 Å². The Balaban J connectivity index is 1.53. The van der Waals surface area contributed by atoms with E-state index < -0.39 is 0 Å². The van der Waals surface area contributed by atoms with Gasteiger partial charge in [0.05, 0.1) is 13.2 Å². The summed E-state index contributed by atoms with van der Waals surface area (Å²) in [7, 11) is 0. The molecule has 3 aliphatic rings. The van der Waals surface area contributed by atoms with Gasteiger partial charge in [-0.15, -0.1) is 0 Å². The van der Waals surface area contributed by atoms with E-state index in [-0.39, 0.29) is 18.6 Å². The number of aliphatic hydroxyl groups excluding tert-OH is 2. The minimum Gasteiger partial charge on any atom is -0.478 e. The molecular formula is C32H46N2O4. The molecule has 208 valence electrons. The molecule has 2 heterocycles. The van der Waals surface area contributed by atoms with Crippen molar-refractivity contribution in [3.63, 3.8) is 0 Å². The number of benzene rings is 2. The van der Waals surface area contributed by atoms with Crippen LogP contribution in [0.3, 0.4) is 0 Å². The van der Waals surface area contributed by atoms with E-state index in [1.807, 2.05) is 0 Å². The lowest BCUT2D eigenvalue weighted by molar-refractivity contribution is 0.0768. The number of ether oxygens (including phenoxy) is 2. The van der Waals surface area contributed by atoms with Crippen LogP contribution in [-0.4, -0.2) is 59.8 Å². The van der Waals surface area contributed by atoms with E-state index in [2.05, 4.69) is 46.2 Å². The Morgan fingerprint density at radius 2 is 1.03 bits per heavy atom. The number of hydrogen-bond donors (Lipinski definition) is 2. The monoisotopic (exact) mass is 522 g/mol. The van der Waals surface area contributed by atoms with E-state index in [0.29, 0.717) is 26.6 Å². The normalized spacial score (nSPS) is 21.2. The van der Waals surface area contributed by atoms with Crippen molar-refractivity contribution in [2.45, 2.75) is 89.1 Å². The zero-order valence-electron chi connectivity index (χ0n) is 23.0. The summed E-state index contributed by atoms with van der Waals surface area (Å²) in [5.74, 6) is 1.95. The molecular weight excluding hydrogens is 476 g/mol. The second-order valence-corrected chi connectivity index (χ2v) is 11.5. The predicted molar refractivity (Wildman–Crippen MR) is 150 cm³/mol. The van der Waals surface area contributed by atoms with Gasteiger partial charge < -0.3 is 19.7 Å². The molecule has 1 aliphatic carbocycles. The Kier molecular flexibility index (Phi) is 9.60. The minimum absolute atomic E-state index is 0.0538. The first-order chi connectivity index (χ1) is 18.7. The summed E-state index contributed by atoms with van der Waals surface area (Å²) in [5, 5.41) is 19.0. The highest BCUT2D eigenvalue weighted by Crippen LogP contribution is 2.45. The van der Waals surface area contributed by atoms with Crippen LogP contribution in [0.1, 0.15) is 92.9 Å². The first-order valence-corrected chi connectivity index (χ1v) is 14.9. The van der Waals surface area contributed by atoms with Gasteiger partial charge in [0.15, 0.2) is 0 Å². The largest absolute Gasteiger partial charge is 0.478 e. The molecule has 2 aromatic rings. The van der Waals surface area contributed by atoms with E-state index in [1.54, 1.807) is 0 Å². The molecule has 1 fully saturated rings. The Labute approximate surface area is 228 Å². The molecule has 38 heavy (non-hydrogen) atoms. The average molecular weight is 523 g/mol. The molecule has 6 nitrogen and oxygen atoms in total. The van der Waals surface area contributed by atoms with E-state index in [4.69, 9.17) is 9.47 Å². The van der Waals surface area contributed by atoms with Gasteiger partial charge in [0.1, 0.15) is 25.0 Å². The third kappa shape index (κ3) is 6.36. The lowest BCUT2D eigenvalue weighted by Gasteiger charge is -2.38. The zero-order chi connectivity index (χ0) is 26.2. The Hall–Kier alpha value is -2.12. The van der Waals surface area contributed by atoms with Gasteiger partial charge in [0.2, 0.25) is 0 Å². The van der Waals surface area contributed by atoms with Crippen LogP contribution < -0.4 is 9.47 Å². The van der Waals surface area contributed by atoms with E-state index in [0.717, 1.165) is 37.4 Å². The number of aliphatic hydroxyl groups is 2. The quantitative estimate of drug-likeness (QED) is 0.517. The van der Waals surface area contributed by atoms with Crippen molar-refractivity contribution < 1.29 is 19.7 Å².